The van der Waals surface area contributed by atoms with Gasteiger partial charge >= 0.3 is 5.97 Å². The molecule has 1 saturated heterocycles. The molecule has 2 aromatic carbocycles. The molecule has 3 aromatic heterocycles. The molecule has 180 valence electrons. The number of nitrogens with zero attached hydrogens (tertiary/aromatic N) is 6. The highest BCUT2D eigenvalue weighted by molar-refractivity contribution is 6.03. The minimum absolute atomic E-state index is 0.206. The number of hydrogen-bond donors (Lipinski definition) is 1. The summed E-state index contributed by atoms with van der Waals surface area (Å²) in [7, 11) is 1.88. The number of aliphatic carboxylic acids is 1. The number of benzene rings is 2. The van der Waals surface area contributed by atoms with E-state index in [-0.39, 0.29) is 23.6 Å². The largest absolute Gasteiger partial charge is 0.481 e. The Morgan fingerprint density at radius 2 is 1.89 bits per heavy atom. The van der Waals surface area contributed by atoms with Crippen molar-refractivity contribution in [3.05, 3.63) is 66.2 Å². The molecule has 1 aliphatic carbocycles. The van der Waals surface area contributed by atoms with Crippen LogP contribution in [0.4, 0.5) is 10.2 Å². The van der Waals surface area contributed by atoms with Crippen molar-refractivity contribution in [2.24, 2.45) is 24.8 Å². The predicted molar refractivity (Wildman–Crippen MR) is 134 cm³/mol. The lowest BCUT2D eigenvalue weighted by molar-refractivity contribution is -0.139. The van der Waals surface area contributed by atoms with Crippen LogP contribution in [0.15, 0.2) is 54.9 Å². The molecule has 0 radical (unpaired) electrons. The van der Waals surface area contributed by atoms with Gasteiger partial charge in [-0.15, -0.1) is 0 Å². The molecule has 4 heterocycles. The van der Waals surface area contributed by atoms with Crippen LogP contribution < -0.4 is 4.90 Å². The van der Waals surface area contributed by atoms with Gasteiger partial charge in [0.2, 0.25) is 0 Å². The molecule has 8 nitrogen and oxygen atoms in total. The number of pyridine rings is 1. The van der Waals surface area contributed by atoms with Crippen LogP contribution in [0.25, 0.3) is 38.8 Å². The van der Waals surface area contributed by atoms with Crippen molar-refractivity contribution in [1.82, 2.24) is 24.5 Å². The van der Waals surface area contributed by atoms with Crippen LogP contribution in [0.1, 0.15) is 5.56 Å². The first-order valence-electron chi connectivity index (χ1n) is 11.9. The fraction of sp³-hybridized carbons (Fsp3) is 0.259. The molecule has 36 heavy (non-hydrogen) atoms. The number of carbonyl (C=O) groups is 1. The average molecular weight is 483 g/mol. The highest BCUT2D eigenvalue weighted by Crippen LogP contribution is 2.52. The minimum Gasteiger partial charge on any atom is -0.481 e. The minimum atomic E-state index is -0.692. The standard InChI is InChI=1S/C27H23FN6O2/c1-14-8-15(28)9-18-25(17-4-3-5-22-19(17)11-32(2)30-22)31-34(26(14)18)16-6-7-23(29-10-16)33-12-20-21(13-33)24(20)27(35)36/h3-11,20-21,24H,12-13H2,1-2H3,(H,35,36)/t20-,21+,24?. The van der Waals surface area contributed by atoms with E-state index in [0.717, 1.165) is 57.5 Å². The van der Waals surface area contributed by atoms with E-state index in [1.807, 2.05) is 55.2 Å². The second kappa shape index (κ2) is 7.36. The first-order chi connectivity index (χ1) is 17.4. The number of hydrogen-bond acceptors (Lipinski definition) is 5. The first kappa shape index (κ1) is 21.0. The molecule has 2 fully saturated rings. The summed E-state index contributed by atoms with van der Waals surface area (Å²) >= 11 is 0. The van der Waals surface area contributed by atoms with E-state index in [0.29, 0.717) is 5.69 Å². The number of carboxylic acid groups (broad SMARTS) is 1. The summed E-state index contributed by atoms with van der Waals surface area (Å²) in [5, 5.41) is 20.4. The lowest BCUT2D eigenvalue weighted by Gasteiger charge is -2.20. The Hall–Kier alpha value is -4.27. The Balaban J connectivity index is 1.31. The molecule has 1 saturated carbocycles. The number of anilines is 1. The third-order valence-electron chi connectivity index (χ3n) is 7.63. The Kier molecular flexibility index (Phi) is 4.31. The molecule has 0 spiro atoms. The van der Waals surface area contributed by atoms with Gasteiger partial charge in [-0.2, -0.15) is 10.2 Å². The van der Waals surface area contributed by atoms with Crippen molar-refractivity contribution < 1.29 is 14.3 Å². The fourth-order valence-electron chi connectivity index (χ4n) is 5.93. The normalized spacial score (nSPS) is 20.9. The van der Waals surface area contributed by atoms with E-state index in [2.05, 4.69) is 15.0 Å². The smallest absolute Gasteiger partial charge is 0.307 e. The zero-order valence-corrected chi connectivity index (χ0v) is 19.8. The number of rotatable bonds is 4. The van der Waals surface area contributed by atoms with Crippen molar-refractivity contribution in [3.63, 3.8) is 0 Å². The highest BCUT2D eigenvalue weighted by atomic mass is 19.1. The SMILES string of the molecule is Cc1cc(F)cc2c(-c3cccc4nn(C)cc34)nn(-c3ccc(N4C[C@@H]5C(C(=O)O)[C@@H]5C4)nc3)c12. The van der Waals surface area contributed by atoms with E-state index < -0.39 is 5.97 Å². The van der Waals surface area contributed by atoms with Gasteiger partial charge in [-0.05, 0) is 54.7 Å². The number of aryl methyl sites for hydroxylation is 2. The summed E-state index contributed by atoms with van der Waals surface area (Å²) in [6, 6.07) is 12.8. The van der Waals surface area contributed by atoms with E-state index >= 15 is 0 Å². The maximum atomic E-state index is 14.6. The summed E-state index contributed by atoms with van der Waals surface area (Å²) in [6.45, 7) is 3.32. The van der Waals surface area contributed by atoms with Gasteiger partial charge in [-0.1, -0.05) is 12.1 Å². The fourth-order valence-corrected chi connectivity index (χ4v) is 5.93. The summed E-state index contributed by atoms with van der Waals surface area (Å²) in [5.74, 6) is 0.0586. The second-order valence-corrected chi connectivity index (χ2v) is 9.89. The second-order valence-electron chi connectivity index (χ2n) is 9.89. The number of halogens is 1. The van der Waals surface area contributed by atoms with Crippen molar-refractivity contribution in [2.75, 3.05) is 18.0 Å². The molecular weight excluding hydrogens is 459 g/mol. The van der Waals surface area contributed by atoms with Crippen molar-refractivity contribution in [3.8, 4) is 16.9 Å². The van der Waals surface area contributed by atoms with Crippen LogP contribution in [0.2, 0.25) is 0 Å². The van der Waals surface area contributed by atoms with Gasteiger partial charge in [0.05, 0.1) is 28.8 Å². The van der Waals surface area contributed by atoms with Crippen LogP contribution >= 0.6 is 0 Å². The first-order valence-corrected chi connectivity index (χ1v) is 11.9. The van der Waals surface area contributed by atoms with Gasteiger partial charge < -0.3 is 10.0 Å². The number of aromatic nitrogens is 5. The van der Waals surface area contributed by atoms with Crippen LogP contribution in [-0.2, 0) is 11.8 Å². The van der Waals surface area contributed by atoms with Crippen molar-refractivity contribution in [2.45, 2.75) is 6.92 Å². The zero-order chi connectivity index (χ0) is 24.7. The Morgan fingerprint density at radius 1 is 1.08 bits per heavy atom. The van der Waals surface area contributed by atoms with Crippen LogP contribution in [0.3, 0.4) is 0 Å². The quantitative estimate of drug-likeness (QED) is 0.413. The van der Waals surface area contributed by atoms with Crippen LogP contribution in [0.5, 0.6) is 0 Å². The van der Waals surface area contributed by atoms with E-state index in [9.17, 15) is 14.3 Å². The molecule has 0 amide bonds. The Morgan fingerprint density at radius 3 is 2.61 bits per heavy atom. The van der Waals surface area contributed by atoms with E-state index in [4.69, 9.17) is 5.10 Å². The molecule has 7 rings (SSSR count). The monoisotopic (exact) mass is 482 g/mol. The summed E-state index contributed by atoms with van der Waals surface area (Å²) in [6.07, 6.45) is 3.73. The molecule has 0 bridgehead atoms. The van der Waals surface area contributed by atoms with E-state index in [1.54, 1.807) is 10.9 Å². The van der Waals surface area contributed by atoms with Crippen molar-refractivity contribution in [1.29, 1.82) is 0 Å². The molecule has 5 aromatic rings. The summed E-state index contributed by atoms with van der Waals surface area (Å²) in [5.41, 5.74) is 4.82. The molecule has 2 aliphatic rings. The molecule has 1 N–H and O–H groups in total. The van der Waals surface area contributed by atoms with Gasteiger partial charge in [0.1, 0.15) is 17.3 Å². The van der Waals surface area contributed by atoms with E-state index in [1.165, 1.54) is 12.1 Å². The zero-order valence-electron chi connectivity index (χ0n) is 19.8. The molecule has 1 unspecified atom stereocenters. The maximum Gasteiger partial charge on any atom is 0.307 e. The number of carboxylic acids is 1. The molecule has 9 heteroatoms. The summed E-state index contributed by atoms with van der Waals surface area (Å²) in [4.78, 5) is 18.1. The third kappa shape index (κ3) is 3.05. The van der Waals surface area contributed by atoms with Gasteiger partial charge in [-0.3, -0.25) is 9.48 Å². The maximum absolute atomic E-state index is 14.6. The van der Waals surface area contributed by atoms with Gasteiger partial charge in [0.25, 0.3) is 0 Å². The Bertz CT molecular complexity index is 1680. The topological polar surface area (TPSA) is 89.1 Å². The average Bonchev–Trinajstić information content (AvgIpc) is 3.18. The molecule has 3 atom stereocenters. The Labute approximate surface area is 205 Å². The van der Waals surface area contributed by atoms with Crippen LogP contribution in [-0.4, -0.2) is 48.7 Å². The highest BCUT2D eigenvalue weighted by Gasteiger charge is 2.60. The third-order valence-corrected chi connectivity index (χ3v) is 7.63. The van der Waals surface area contributed by atoms with Gasteiger partial charge in [-0.25, -0.2) is 14.1 Å². The lowest BCUT2D eigenvalue weighted by Crippen LogP contribution is -2.26. The molecular formula is C27H23FN6O2. The number of piperidine rings is 1. The number of fused-ring (bicyclic) bond motifs is 3. The van der Waals surface area contributed by atoms with Gasteiger partial charge in [0.15, 0.2) is 0 Å². The van der Waals surface area contributed by atoms with Crippen LogP contribution in [0, 0.1) is 30.5 Å². The summed E-state index contributed by atoms with van der Waals surface area (Å²) < 4.78 is 18.1. The van der Waals surface area contributed by atoms with Gasteiger partial charge in [0, 0.05) is 42.7 Å². The lowest BCUT2D eigenvalue weighted by atomic mass is 10.0. The predicted octanol–water partition coefficient (Wildman–Crippen LogP) is 4.19. The molecule has 1 aliphatic heterocycles. The van der Waals surface area contributed by atoms with Crippen molar-refractivity contribution >= 4 is 33.6 Å².